The molecule has 0 aliphatic rings. The van der Waals surface area contributed by atoms with Crippen molar-refractivity contribution >= 4 is 13.4 Å². The lowest BCUT2D eigenvalue weighted by Gasteiger charge is -2.14. The fraction of sp³-hybridized carbons (Fsp3) is 0.250. The topological polar surface area (TPSA) is 105 Å². The number of non-ortho nitro benzene ring substituents is 1. The molecule has 1 rings (SSSR count). The Labute approximate surface area is 96.1 Å². The second-order valence-electron chi connectivity index (χ2n) is 3.03. The second-order valence-corrected chi connectivity index (χ2v) is 4.50. The minimum absolute atomic E-state index is 0.0120. The number of nitro benzene ring substituents is 1. The SMILES string of the molecule is CC(F)OP(N)(=O)Oc1ccc([N+](=O)[O-])cc1. The van der Waals surface area contributed by atoms with Crippen molar-refractivity contribution in [2.24, 2.45) is 5.50 Å². The molecule has 0 radical (unpaired) electrons. The number of halogens is 1. The van der Waals surface area contributed by atoms with Crippen LogP contribution in [0.1, 0.15) is 6.92 Å². The fourth-order valence-corrected chi connectivity index (χ4v) is 1.86. The summed E-state index contributed by atoms with van der Waals surface area (Å²) >= 11 is 0. The van der Waals surface area contributed by atoms with E-state index in [2.05, 4.69) is 4.52 Å². The Morgan fingerprint density at radius 1 is 1.47 bits per heavy atom. The van der Waals surface area contributed by atoms with Gasteiger partial charge in [-0.3, -0.25) is 14.6 Å². The summed E-state index contributed by atoms with van der Waals surface area (Å²) in [5.74, 6) is -0.0120. The first kappa shape index (κ1) is 13.6. The van der Waals surface area contributed by atoms with Crippen molar-refractivity contribution < 1.29 is 22.9 Å². The van der Waals surface area contributed by atoms with Gasteiger partial charge in [0.15, 0.2) is 0 Å². The average Bonchev–Trinajstić information content (AvgIpc) is 2.15. The lowest BCUT2D eigenvalue weighted by molar-refractivity contribution is -0.384. The molecule has 0 aliphatic heterocycles. The highest BCUT2D eigenvalue weighted by Gasteiger charge is 2.23. The molecular formula is C8H10FN2O5P. The third-order valence-electron chi connectivity index (χ3n) is 1.57. The van der Waals surface area contributed by atoms with E-state index in [1.165, 1.54) is 12.1 Å². The Balaban J connectivity index is 2.75. The van der Waals surface area contributed by atoms with Crippen LogP contribution >= 0.6 is 7.75 Å². The van der Waals surface area contributed by atoms with Crippen LogP contribution in [0.5, 0.6) is 5.75 Å². The molecule has 2 atom stereocenters. The van der Waals surface area contributed by atoms with Gasteiger partial charge in [-0.25, -0.2) is 14.5 Å². The molecule has 0 saturated carbocycles. The zero-order valence-electron chi connectivity index (χ0n) is 8.78. The number of rotatable bonds is 5. The number of benzene rings is 1. The van der Waals surface area contributed by atoms with Crippen molar-refractivity contribution in [3.8, 4) is 5.75 Å². The molecule has 7 nitrogen and oxygen atoms in total. The van der Waals surface area contributed by atoms with Gasteiger partial charge in [0.1, 0.15) is 5.75 Å². The van der Waals surface area contributed by atoms with Gasteiger partial charge in [-0.1, -0.05) is 0 Å². The van der Waals surface area contributed by atoms with Crippen LogP contribution in [0.2, 0.25) is 0 Å². The molecule has 94 valence electrons. The molecule has 1 aromatic rings. The van der Waals surface area contributed by atoms with Gasteiger partial charge < -0.3 is 4.52 Å². The summed E-state index contributed by atoms with van der Waals surface area (Å²) < 4.78 is 32.7. The number of nitro groups is 1. The summed E-state index contributed by atoms with van der Waals surface area (Å²) in [4.78, 5) is 9.75. The highest BCUT2D eigenvalue weighted by molar-refractivity contribution is 7.51. The fourth-order valence-electron chi connectivity index (χ4n) is 1.000. The van der Waals surface area contributed by atoms with Crippen molar-refractivity contribution in [1.29, 1.82) is 0 Å². The van der Waals surface area contributed by atoms with Crippen LogP contribution in [0.4, 0.5) is 10.1 Å². The quantitative estimate of drug-likeness (QED) is 0.497. The molecule has 1 aromatic carbocycles. The Kier molecular flexibility index (Phi) is 4.17. The van der Waals surface area contributed by atoms with E-state index < -0.39 is 19.0 Å². The summed E-state index contributed by atoms with van der Waals surface area (Å²) in [6.45, 7) is 0.999. The molecule has 0 saturated heterocycles. The molecule has 17 heavy (non-hydrogen) atoms. The molecule has 0 aromatic heterocycles. The molecule has 9 heteroatoms. The molecule has 0 fully saturated rings. The summed E-state index contributed by atoms with van der Waals surface area (Å²) in [6, 6.07) is 4.64. The molecule has 0 heterocycles. The maximum absolute atomic E-state index is 12.4. The number of nitrogens with two attached hydrogens (primary N) is 1. The number of alkyl halides is 1. The molecule has 0 bridgehead atoms. The monoisotopic (exact) mass is 264 g/mol. The van der Waals surface area contributed by atoms with Crippen LogP contribution in [-0.2, 0) is 9.09 Å². The van der Waals surface area contributed by atoms with E-state index in [0.29, 0.717) is 0 Å². The Morgan fingerprint density at radius 2 is 2.00 bits per heavy atom. The molecule has 0 spiro atoms. The molecular weight excluding hydrogens is 254 g/mol. The van der Waals surface area contributed by atoms with Crippen LogP contribution < -0.4 is 10.0 Å². The van der Waals surface area contributed by atoms with Gasteiger partial charge in [0, 0.05) is 12.1 Å². The summed E-state index contributed by atoms with van der Waals surface area (Å²) in [5.41, 5.74) is 4.92. The summed E-state index contributed by atoms with van der Waals surface area (Å²) in [6.07, 6.45) is -1.84. The first-order valence-corrected chi connectivity index (χ1v) is 6.06. The van der Waals surface area contributed by atoms with Gasteiger partial charge >= 0.3 is 7.75 Å². The average molecular weight is 264 g/mol. The lowest BCUT2D eigenvalue weighted by Crippen LogP contribution is -2.10. The first-order chi connectivity index (χ1) is 7.80. The zero-order chi connectivity index (χ0) is 13.1. The van der Waals surface area contributed by atoms with E-state index in [4.69, 9.17) is 10.0 Å². The zero-order valence-corrected chi connectivity index (χ0v) is 9.67. The predicted octanol–water partition coefficient (Wildman–Crippen LogP) is 2.37. The van der Waals surface area contributed by atoms with Crippen LogP contribution in [-0.4, -0.2) is 11.3 Å². The van der Waals surface area contributed by atoms with Crippen molar-refractivity contribution in [2.75, 3.05) is 0 Å². The highest BCUT2D eigenvalue weighted by Crippen LogP contribution is 2.41. The Bertz CT molecular complexity index is 450. The van der Waals surface area contributed by atoms with Crippen LogP contribution in [0, 0.1) is 10.1 Å². The smallest absolute Gasteiger partial charge is 0.413 e. The van der Waals surface area contributed by atoms with E-state index in [1.54, 1.807) is 0 Å². The first-order valence-electron chi connectivity index (χ1n) is 4.45. The van der Waals surface area contributed by atoms with Gasteiger partial charge in [0.2, 0.25) is 6.36 Å². The van der Waals surface area contributed by atoms with Crippen molar-refractivity contribution in [3.05, 3.63) is 34.4 Å². The Hall–Kier alpha value is -1.50. The third kappa shape index (κ3) is 4.48. The summed E-state index contributed by atoms with van der Waals surface area (Å²) in [5, 5.41) is 10.4. The van der Waals surface area contributed by atoms with E-state index in [1.807, 2.05) is 0 Å². The lowest BCUT2D eigenvalue weighted by atomic mass is 10.3. The summed E-state index contributed by atoms with van der Waals surface area (Å²) in [7, 11) is -4.05. The van der Waals surface area contributed by atoms with Crippen molar-refractivity contribution in [3.63, 3.8) is 0 Å². The highest BCUT2D eigenvalue weighted by atomic mass is 31.2. The predicted molar refractivity (Wildman–Crippen MR) is 57.2 cm³/mol. The van der Waals surface area contributed by atoms with Crippen molar-refractivity contribution in [1.82, 2.24) is 0 Å². The van der Waals surface area contributed by atoms with E-state index >= 15 is 0 Å². The Morgan fingerprint density at radius 3 is 2.41 bits per heavy atom. The van der Waals surface area contributed by atoms with Gasteiger partial charge in [-0.15, -0.1) is 0 Å². The van der Waals surface area contributed by atoms with Gasteiger partial charge in [-0.05, 0) is 19.1 Å². The van der Waals surface area contributed by atoms with Crippen molar-refractivity contribution in [2.45, 2.75) is 13.3 Å². The minimum Gasteiger partial charge on any atom is -0.413 e. The van der Waals surface area contributed by atoms with Gasteiger partial charge in [0.25, 0.3) is 5.69 Å². The van der Waals surface area contributed by atoms with Crippen LogP contribution in [0.15, 0.2) is 24.3 Å². The van der Waals surface area contributed by atoms with Crippen LogP contribution in [0.3, 0.4) is 0 Å². The van der Waals surface area contributed by atoms with E-state index in [0.717, 1.165) is 19.1 Å². The van der Waals surface area contributed by atoms with Crippen LogP contribution in [0.25, 0.3) is 0 Å². The van der Waals surface area contributed by atoms with E-state index in [9.17, 15) is 19.1 Å². The molecule has 2 N–H and O–H groups in total. The number of nitrogens with zero attached hydrogens (tertiary/aromatic N) is 1. The minimum atomic E-state index is -4.05. The van der Waals surface area contributed by atoms with E-state index in [-0.39, 0.29) is 11.4 Å². The number of hydrogen-bond acceptors (Lipinski definition) is 5. The molecule has 0 aliphatic carbocycles. The number of hydrogen-bond donors (Lipinski definition) is 1. The molecule has 0 amide bonds. The van der Waals surface area contributed by atoms with Gasteiger partial charge in [-0.2, -0.15) is 0 Å². The molecule has 2 unspecified atom stereocenters. The van der Waals surface area contributed by atoms with Gasteiger partial charge in [0.05, 0.1) is 4.92 Å². The maximum Gasteiger partial charge on any atom is 0.458 e. The third-order valence-corrected chi connectivity index (χ3v) is 2.62. The normalized spacial score (nSPS) is 15.9. The second kappa shape index (κ2) is 5.22. The maximum atomic E-state index is 12.4. The standard InChI is InChI=1S/C8H10FN2O5P/c1-6(9)15-17(10,14)16-8-4-2-7(3-5-8)11(12)13/h2-6H,1H3,(H2,10,14). The largest absolute Gasteiger partial charge is 0.458 e.